The first-order valence-corrected chi connectivity index (χ1v) is 4.61. The molecule has 0 aliphatic heterocycles. The lowest BCUT2D eigenvalue weighted by molar-refractivity contribution is 0.761. The van der Waals surface area contributed by atoms with Crippen molar-refractivity contribution >= 4 is 0 Å². The quantitative estimate of drug-likeness (QED) is 0.333. The second-order valence-electron chi connectivity index (χ2n) is 2.70. The molecular weight excluding hydrogens is 146 g/mol. The van der Waals surface area contributed by atoms with E-state index in [1.807, 2.05) is 12.1 Å². The lowest BCUT2D eigenvalue weighted by atomic mass is 10.2. The van der Waals surface area contributed by atoms with Crippen LogP contribution in [-0.4, -0.2) is 0 Å². The zero-order valence-electron chi connectivity index (χ0n) is 7.79. The minimum absolute atomic E-state index is 1.04. The van der Waals surface area contributed by atoms with Crippen molar-refractivity contribution in [1.82, 2.24) is 0 Å². The number of nitrogens with zero attached hydrogens (tertiary/aromatic N) is 1. The summed E-state index contributed by atoms with van der Waals surface area (Å²) < 4.78 is 0. The smallest absolute Gasteiger partial charge is 0.0908 e. The molecule has 0 amide bonds. The van der Waals surface area contributed by atoms with Crippen molar-refractivity contribution in [1.29, 1.82) is 5.26 Å². The molecule has 0 atom stereocenters. The maximum absolute atomic E-state index is 8.19. The van der Waals surface area contributed by atoms with Gasteiger partial charge < -0.3 is 0 Å². The Kier molecular flexibility index (Phi) is 9.11. The summed E-state index contributed by atoms with van der Waals surface area (Å²) in [5.41, 5.74) is 0. The highest BCUT2D eigenvalue weighted by atomic mass is 14.2. The molecule has 0 saturated carbocycles. The first-order valence-electron chi connectivity index (χ1n) is 4.61. The molecule has 0 bridgehead atoms. The van der Waals surface area contributed by atoms with Gasteiger partial charge in [0.05, 0.1) is 6.07 Å². The third-order valence-electron chi connectivity index (χ3n) is 1.59. The van der Waals surface area contributed by atoms with Crippen LogP contribution >= 0.6 is 0 Å². The van der Waals surface area contributed by atoms with Gasteiger partial charge in [-0.1, -0.05) is 25.2 Å². The summed E-state index contributed by atoms with van der Waals surface area (Å²) in [6.45, 7) is 2.14. The second kappa shape index (κ2) is 9.97. The number of hydrogen-bond donors (Lipinski definition) is 0. The number of hydrogen-bond acceptors (Lipinski definition) is 1. The largest absolute Gasteiger partial charge is 0.193 e. The van der Waals surface area contributed by atoms with E-state index in [0.717, 1.165) is 12.8 Å². The third kappa shape index (κ3) is 8.97. The van der Waals surface area contributed by atoms with Crippen molar-refractivity contribution < 1.29 is 0 Å². The van der Waals surface area contributed by atoms with Crippen molar-refractivity contribution in [3.63, 3.8) is 0 Å². The van der Waals surface area contributed by atoms with Gasteiger partial charge in [-0.15, -0.1) is 0 Å². The molecule has 0 N–H and O–H groups in total. The average Bonchev–Trinajstić information content (AvgIpc) is 2.10. The Hall–Kier alpha value is -1.03. The fourth-order valence-corrected chi connectivity index (χ4v) is 0.945. The first kappa shape index (κ1) is 11.0. The van der Waals surface area contributed by atoms with Crippen molar-refractivity contribution in [2.75, 3.05) is 0 Å². The van der Waals surface area contributed by atoms with Crippen LogP contribution in [0.5, 0.6) is 0 Å². The van der Waals surface area contributed by atoms with Gasteiger partial charge in [-0.2, -0.15) is 5.26 Å². The molecule has 0 aromatic rings. The van der Waals surface area contributed by atoms with Crippen LogP contribution in [0.2, 0.25) is 0 Å². The van der Waals surface area contributed by atoms with Crippen molar-refractivity contribution in [3.8, 4) is 6.07 Å². The van der Waals surface area contributed by atoms with Gasteiger partial charge in [0.25, 0.3) is 0 Å². The molecule has 66 valence electrons. The van der Waals surface area contributed by atoms with Gasteiger partial charge in [0.15, 0.2) is 0 Å². The molecule has 12 heavy (non-hydrogen) atoms. The standard InChI is InChI=1S/C11H17N/c1-2-3-4-5-6-7-8-9-10-11-12/h3-4,9-10H,2,5-8H2,1H3/b4-3-,10-9+. The predicted molar refractivity (Wildman–Crippen MR) is 52.7 cm³/mol. The van der Waals surface area contributed by atoms with Gasteiger partial charge in [0.2, 0.25) is 0 Å². The molecule has 0 rings (SSSR count). The van der Waals surface area contributed by atoms with Gasteiger partial charge in [0, 0.05) is 6.08 Å². The average molecular weight is 163 g/mol. The van der Waals surface area contributed by atoms with E-state index < -0.39 is 0 Å². The molecule has 0 aliphatic carbocycles. The number of nitriles is 1. The summed E-state index contributed by atoms with van der Waals surface area (Å²) in [6.07, 6.45) is 13.7. The van der Waals surface area contributed by atoms with Crippen LogP contribution in [0.3, 0.4) is 0 Å². The SMILES string of the molecule is CC/C=C\CCCC/C=C/C#N. The van der Waals surface area contributed by atoms with Crippen LogP contribution in [0.1, 0.15) is 39.0 Å². The molecule has 0 saturated heterocycles. The lowest BCUT2D eigenvalue weighted by Crippen LogP contribution is -1.71. The molecule has 0 aromatic heterocycles. The van der Waals surface area contributed by atoms with E-state index in [-0.39, 0.29) is 0 Å². The van der Waals surface area contributed by atoms with Gasteiger partial charge in [0.1, 0.15) is 0 Å². The highest BCUT2D eigenvalue weighted by Crippen LogP contribution is 2.01. The molecule has 0 fully saturated rings. The Balaban J connectivity index is 3.07. The van der Waals surface area contributed by atoms with Gasteiger partial charge in [-0.25, -0.2) is 0 Å². The van der Waals surface area contributed by atoms with Gasteiger partial charge in [-0.3, -0.25) is 0 Å². The van der Waals surface area contributed by atoms with Gasteiger partial charge in [-0.05, 0) is 32.1 Å². The molecule has 0 radical (unpaired) electrons. The monoisotopic (exact) mass is 163 g/mol. The van der Waals surface area contributed by atoms with E-state index in [1.165, 1.54) is 19.3 Å². The Bertz CT molecular complexity index is 172. The first-order chi connectivity index (χ1) is 5.91. The van der Waals surface area contributed by atoms with Crippen molar-refractivity contribution in [2.45, 2.75) is 39.0 Å². The number of unbranched alkanes of at least 4 members (excludes halogenated alkanes) is 3. The number of rotatable bonds is 6. The molecule has 1 nitrogen and oxygen atoms in total. The topological polar surface area (TPSA) is 23.8 Å². The Labute approximate surface area is 75.4 Å². The van der Waals surface area contributed by atoms with E-state index in [4.69, 9.17) is 5.26 Å². The molecule has 0 aromatic carbocycles. The van der Waals surface area contributed by atoms with E-state index in [9.17, 15) is 0 Å². The summed E-state index contributed by atoms with van der Waals surface area (Å²) in [5.74, 6) is 0. The van der Waals surface area contributed by atoms with Gasteiger partial charge >= 0.3 is 0 Å². The summed E-state index contributed by atoms with van der Waals surface area (Å²) in [4.78, 5) is 0. The zero-order chi connectivity index (χ0) is 9.07. The minimum atomic E-state index is 1.04. The van der Waals surface area contributed by atoms with Crippen LogP contribution in [-0.2, 0) is 0 Å². The Morgan fingerprint density at radius 1 is 1.08 bits per heavy atom. The maximum atomic E-state index is 8.19. The zero-order valence-corrected chi connectivity index (χ0v) is 7.79. The van der Waals surface area contributed by atoms with Crippen LogP contribution in [0, 0.1) is 11.3 Å². The predicted octanol–water partition coefficient (Wildman–Crippen LogP) is 3.59. The van der Waals surface area contributed by atoms with Crippen LogP contribution < -0.4 is 0 Å². The van der Waals surface area contributed by atoms with Crippen LogP contribution in [0.15, 0.2) is 24.3 Å². The highest BCUT2D eigenvalue weighted by molar-refractivity contribution is 5.01. The highest BCUT2D eigenvalue weighted by Gasteiger charge is 1.82. The Morgan fingerprint density at radius 3 is 2.33 bits per heavy atom. The Morgan fingerprint density at radius 2 is 1.75 bits per heavy atom. The van der Waals surface area contributed by atoms with Crippen molar-refractivity contribution in [3.05, 3.63) is 24.3 Å². The lowest BCUT2D eigenvalue weighted by Gasteiger charge is -1.91. The molecule has 0 spiro atoms. The summed E-state index contributed by atoms with van der Waals surface area (Å²) >= 11 is 0. The third-order valence-corrected chi connectivity index (χ3v) is 1.59. The van der Waals surface area contributed by atoms with Crippen LogP contribution in [0.25, 0.3) is 0 Å². The van der Waals surface area contributed by atoms with Crippen LogP contribution in [0.4, 0.5) is 0 Å². The second-order valence-corrected chi connectivity index (χ2v) is 2.70. The number of allylic oxidation sites excluding steroid dienone is 4. The van der Waals surface area contributed by atoms with Crippen molar-refractivity contribution in [2.24, 2.45) is 0 Å². The molecular formula is C11H17N. The van der Waals surface area contributed by atoms with E-state index in [0.29, 0.717) is 0 Å². The molecule has 0 heterocycles. The fourth-order valence-electron chi connectivity index (χ4n) is 0.945. The molecule has 0 unspecified atom stereocenters. The van der Waals surface area contributed by atoms with E-state index in [1.54, 1.807) is 6.08 Å². The van der Waals surface area contributed by atoms with E-state index in [2.05, 4.69) is 19.1 Å². The summed E-state index contributed by atoms with van der Waals surface area (Å²) in [7, 11) is 0. The molecule has 1 heteroatoms. The molecule has 0 aliphatic rings. The minimum Gasteiger partial charge on any atom is -0.193 e. The summed E-state index contributed by atoms with van der Waals surface area (Å²) in [6, 6.07) is 1.98. The maximum Gasteiger partial charge on any atom is 0.0908 e. The fraction of sp³-hybridized carbons (Fsp3) is 0.545. The summed E-state index contributed by atoms with van der Waals surface area (Å²) in [5, 5.41) is 8.19. The van der Waals surface area contributed by atoms with E-state index >= 15 is 0 Å². The normalized spacial score (nSPS) is 11.0.